The second-order valence-corrected chi connectivity index (χ2v) is 4.99. The molecule has 20 heavy (non-hydrogen) atoms. The van der Waals surface area contributed by atoms with Gasteiger partial charge in [-0.2, -0.15) is 0 Å². The van der Waals surface area contributed by atoms with Gasteiger partial charge < -0.3 is 9.72 Å². The highest BCUT2D eigenvalue weighted by Crippen LogP contribution is 2.15. The van der Waals surface area contributed by atoms with Gasteiger partial charge in [-0.25, -0.2) is 4.98 Å². The van der Waals surface area contributed by atoms with Gasteiger partial charge in [0.1, 0.15) is 11.3 Å². The highest BCUT2D eigenvalue weighted by molar-refractivity contribution is 6.30. The molecular formula is C15H12ClN3O. The van der Waals surface area contributed by atoms with Crippen LogP contribution in [0.1, 0.15) is 16.1 Å². The number of nitrogens with one attached hydrogen (secondary N) is 1. The molecule has 0 unspecified atom stereocenters. The highest BCUT2D eigenvalue weighted by Gasteiger charge is 2.11. The number of aromatic nitrogens is 2. The summed E-state index contributed by atoms with van der Waals surface area (Å²) < 4.78 is 1.82. The largest absolute Gasteiger partial charge is 0.321 e. The quantitative estimate of drug-likeness (QED) is 0.783. The van der Waals surface area contributed by atoms with Crippen LogP contribution in [-0.4, -0.2) is 15.3 Å². The summed E-state index contributed by atoms with van der Waals surface area (Å²) in [5.74, 6) is -0.242. The monoisotopic (exact) mass is 285 g/mol. The summed E-state index contributed by atoms with van der Waals surface area (Å²) in [5.41, 5.74) is 2.93. The molecule has 0 atom stereocenters. The Bertz CT molecular complexity index is 777. The lowest BCUT2D eigenvalue weighted by Crippen LogP contribution is -2.12. The molecule has 1 aromatic carbocycles. The zero-order valence-corrected chi connectivity index (χ0v) is 11.6. The van der Waals surface area contributed by atoms with Crippen molar-refractivity contribution in [2.45, 2.75) is 6.92 Å². The van der Waals surface area contributed by atoms with Crippen LogP contribution in [0.5, 0.6) is 0 Å². The lowest BCUT2D eigenvalue weighted by Gasteiger charge is -2.02. The molecule has 0 aliphatic heterocycles. The van der Waals surface area contributed by atoms with Crippen LogP contribution in [-0.2, 0) is 0 Å². The second kappa shape index (κ2) is 4.98. The summed E-state index contributed by atoms with van der Waals surface area (Å²) in [6.07, 6.45) is 3.59. The van der Waals surface area contributed by atoms with Gasteiger partial charge >= 0.3 is 0 Å². The molecule has 0 aliphatic carbocycles. The minimum Gasteiger partial charge on any atom is -0.321 e. The molecule has 100 valence electrons. The number of halogens is 1. The number of nitrogens with zero attached hydrogens (tertiary/aromatic N) is 2. The molecule has 1 N–H and O–H groups in total. The van der Waals surface area contributed by atoms with Gasteiger partial charge in [0.05, 0.1) is 0 Å². The molecule has 2 heterocycles. The highest BCUT2D eigenvalue weighted by atomic mass is 35.5. The topological polar surface area (TPSA) is 46.4 Å². The van der Waals surface area contributed by atoms with E-state index < -0.39 is 0 Å². The average Bonchev–Trinajstić information content (AvgIpc) is 2.84. The van der Waals surface area contributed by atoms with Crippen LogP contribution in [0.15, 0.2) is 48.8 Å². The molecule has 0 radical (unpaired) electrons. The molecular weight excluding hydrogens is 274 g/mol. The van der Waals surface area contributed by atoms with Crippen LogP contribution in [0.3, 0.4) is 0 Å². The number of benzene rings is 1. The van der Waals surface area contributed by atoms with Crippen molar-refractivity contribution in [3.05, 3.63) is 65.1 Å². The zero-order chi connectivity index (χ0) is 14.1. The van der Waals surface area contributed by atoms with E-state index in [-0.39, 0.29) is 5.91 Å². The number of hydrogen-bond acceptors (Lipinski definition) is 2. The van der Waals surface area contributed by atoms with E-state index in [1.165, 1.54) is 0 Å². The van der Waals surface area contributed by atoms with Gasteiger partial charge in [0, 0.05) is 23.1 Å². The number of fused-ring (bicyclic) bond motifs is 1. The van der Waals surface area contributed by atoms with Gasteiger partial charge in [-0.15, -0.1) is 0 Å². The molecule has 0 saturated heterocycles. The molecule has 0 bridgehead atoms. The molecule has 4 nitrogen and oxygen atoms in total. The Labute approximate surface area is 121 Å². The van der Waals surface area contributed by atoms with Gasteiger partial charge in [0.2, 0.25) is 0 Å². The third-order valence-corrected chi connectivity index (χ3v) is 3.20. The lowest BCUT2D eigenvalue weighted by atomic mass is 10.3. The van der Waals surface area contributed by atoms with Crippen molar-refractivity contribution in [3.8, 4) is 0 Å². The first kappa shape index (κ1) is 12.7. The average molecular weight is 286 g/mol. The summed E-state index contributed by atoms with van der Waals surface area (Å²) in [6, 6.07) is 10.9. The van der Waals surface area contributed by atoms with Gasteiger partial charge in [0.15, 0.2) is 0 Å². The number of rotatable bonds is 2. The first-order chi connectivity index (χ1) is 9.61. The summed E-state index contributed by atoms with van der Waals surface area (Å²) in [4.78, 5) is 16.4. The maximum Gasteiger partial charge on any atom is 0.275 e. The molecule has 0 fully saturated rings. The molecule has 1 amide bonds. The number of carbonyl (C=O) groups excluding carboxylic acids is 1. The van der Waals surface area contributed by atoms with E-state index in [0.29, 0.717) is 16.4 Å². The number of pyridine rings is 1. The van der Waals surface area contributed by atoms with E-state index in [1.807, 2.05) is 29.7 Å². The summed E-state index contributed by atoms with van der Waals surface area (Å²) >= 11 is 5.81. The third-order valence-electron chi connectivity index (χ3n) is 2.95. The molecule has 3 rings (SSSR count). The van der Waals surface area contributed by atoms with Crippen molar-refractivity contribution in [1.82, 2.24) is 9.38 Å². The van der Waals surface area contributed by atoms with Gasteiger partial charge in [-0.3, -0.25) is 4.79 Å². The summed E-state index contributed by atoms with van der Waals surface area (Å²) in [6.45, 7) is 1.99. The predicted octanol–water partition coefficient (Wildman–Crippen LogP) is 3.55. The molecule has 0 aliphatic rings. The number of carbonyl (C=O) groups is 1. The standard InChI is InChI=1S/C15H12ClN3O/c1-10-6-7-19-9-13(18-14(19)8-10)15(20)17-12-4-2-11(16)3-5-12/h2-9H,1H3,(H,17,20). The van der Waals surface area contributed by atoms with Crippen LogP contribution >= 0.6 is 11.6 Å². The van der Waals surface area contributed by atoms with Gasteiger partial charge in [-0.1, -0.05) is 11.6 Å². The molecule has 5 heteroatoms. The minimum atomic E-state index is -0.242. The van der Waals surface area contributed by atoms with E-state index in [0.717, 1.165) is 11.2 Å². The Kier molecular flexibility index (Phi) is 3.16. The summed E-state index contributed by atoms with van der Waals surface area (Å²) in [7, 11) is 0. The van der Waals surface area contributed by atoms with E-state index in [2.05, 4.69) is 10.3 Å². The van der Waals surface area contributed by atoms with E-state index in [4.69, 9.17) is 11.6 Å². The second-order valence-electron chi connectivity index (χ2n) is 4.56. The minimum absolute atomic E-state index is 0.242. The first-order valence-corrected chi connectivity index (χ1v) is 6.52. The Morgan fingerprint density at radius 3 is 2.75 bits per heavy atom. The summed E-state index contributed by atoms with van der Waals surface area (Å²) in [5, 5.41) is 3.42. The number of anilines is 1. The fourth-order valence-electron chi connectivity index (χ4n) is 1.92. The maximum atomic E-state index is 12.1. The Balaban J connectivity index is 1.86. The maximum absolute atomic E-state index is 12.1. The van der Waals surface area contributed by atoms with E-state index in [9.17, 15) is 4.79 Å². The number of amides is 1. The normalized spacial score (nSPS) is 10.7. The van der Waals surface area contributed by atoms with Crippen molar-refractivity contribution < 1.29 is 4.79 Å². The fraction of sp³-hybridized carbons (Fsp3) is 0.0667. The number of imidazole rings is 1. The third kappa shape index (κ3) is 2.51. The van der Waals surface area contributed by atoms with Crippen molar-refractivity contribution in [1.29, 1.82) is 0 Å². The van der Waals surface area contributed by atoms with Crippen LogP contribution in [0.2, 0.25) is 5.02 Å². The molecule has 2 aromatic heterocycles. The van der Waals surface area contributed by atoms with Gasteiger partial charge in [0.25, 0.3) is 5.91 Å². The predicted molar refractivity (Wildman–Crippen MR) is 79.3 cm³/mol. The smallest absolute Gasteiger partial charge is 0.275 e. The van der Waals surface area contributed by atoms with Crippen LogP contribution < -0.4 is 5.32 Å². The van der Waals surface area contributed by atoms with Crippen molar-refractivity contribution >= 4 is 28.8 Å². The SMILES string of the molecule is Cc1ccn2cc(C(=O)Nc3ccc(Cl)cc3)nc2c1. The van der Waals surface area contributed by atoms with E-state index >= 15 is 0 Å². The molecule has 3 aromatic rings. The lowest BCUT2D eigenvalue weighted by molar-refractivity contribution is 0.102. The van der Waals surface area contributed by atoms with Crippen molar-refractivity contribution in [2.75, 3.05) is 5.32 Å². The Morgan fingerprint density at radius 2 is 2.00 bits per heavy atom. The molecule has 0 saturated carbocycles. The fourth-order valence-corrected chi connectivity index (χ4v) is 2.05. The number of aryl methyl sites for hydroxylation is 1. The zero-order valence-electron chi connectivity index (χ0n) is 10.8. The van der Waals surface area contributed by atoms with Crippen molar-refractivity contribution in [3.63, 3.8) is 0 Å². The van der Waals surface area contributed by atoms with E-state index in [1.54, 1.807) is 30.5 Å². The first-order valence-electron chi connectivity index (χ1n) is 6.14. The Morgan fingerprint density at radius 1 is 1.25 bits per heavy atom. The number of hydrogen-bond donors (Lipinski definition) is 1. The van der Waals surface area contributed by atoms with Crippen LogP contribution in [0, 0.1) is 6.92 Å². The van der Waals surface area contributed by atoms with Crippen LogP contribution in [0.4, 0.5) is 5.69 Å². The van der Waals surface area contributed by atoms with Crippen molar-refractivity contribution in [2.24, 2.45) is 0 Å². The van der Waals surface area contributed by atoms with Gasteiger partial charge in [-0.05, 0) is 48.9 Å². The van der Waals surface area contributed by atoms with Crippen LogP contribution in [0.25, 0.3) is 5.65 Å². The molecule has 0 spiro atoms. The Hall–Kier alpha value is -2.33.